The van der Waals surface area contributed by atoms with Crippen molar-refractivity contribution in [3.63, 3.8) is 0 Å². The fourth-order valence-electron chi connectivity index (χ4n) is 14.7. The number of aliphatic hydroxyl groups excluding tert-OH is 2. The number of fused-ring (bicyclic) bond motifs is 2. The van der Waals surface area contributed by atoms with Crippen molar-refractivity contribution < 1.29 is 53.3 Å². The van der Waals surface area contributed by atoms with E-state index < -0.39 is 88.3 Å². The minimum absolute atomic E-state index is 0.0836. The lowest BCUT2D eigenvalue weighted by molar-refractivity contribution is -0.323. The van der Waals surface area contributed by atoms with E-state index in [9.17, 15) is 24.9 Å². The lowest BCUT2D eigenvalue weighted by Gasteiger charge is -2.70. The Morgan fingerprint density at radius 2 is 1.48 bits per heavy atom. The Labute approximate surface area is 370 Å². The summed E-state index contributed by atoms with van der Waals surface area (Å²) in [5.74, 6) is -3.50. The average molecular weight is 868 g/mol. The predicted molar refractivity (Wildman–Crippen MR) is 234 cm³/mol. The molecule has 6 aliphatic rings. The van der Waals surface area contributed by atoms with Gasteiger partial charge in [-0.3, -0.25) is 9.69 Å². The highest BCUT2D eigenvalue weighted by molar-refractivity contribution is 5.89. The summed E-state index contributed by atoms with van der Waals surface area (Å²) in [6, 6.07) is 8.31. The van der Waals surface area contributed by atoms with Crippen molar-refractivity contribution in [1.82, 2.24) is 4.90 Å². The summed E-state index contributed by atoms with van der Waals surface area (Å²) in [5, 5.41) is 38.4. The SMILES string of the molecule is CCCCCCCC/C=C\CCCCCCCC(=O)O[C@]12C(O)[C@H](OC)[C@]3(O)C[C@H]([C@@H]1[C@H]3OC(=O)c1ccccc1)[C@@]13C(OC)C[C@@H](O)[C@@]4(COC)CN(CC)[C@@H]1[C@@H]2[C@H](OC)[C@H]43. The van der Waals surface area contributed by atoms with Crippen molar-refractivity contribution >= 4 is 11.9 Å². The second-order valence-corrected chi connectivity index (χ2v) is 19.6. The fourth-order valence-corrected chi connectivity index (χ4v) is 14.7. The molecule has 5 aliphatic carbocycles. The average Bonchev–Trinajstić information content (AvgIpc) is 3.65. The molecule has 12 nitrogen and oxygen atoms in total. The van der Waals surface area contributed by atoms with Crippen LogP contribution >= 0.6 is 0 Å². The molecule has 0 amide bonds. The molecule has 348 valence electrons. The molecule has 12 heteroatoms. The molecule has 2 unspecified atom stereocenters. The molecule has 6 fully saturated rings. The Morgan fingerprint density at radius 3 is 2.10 bits per heavy atom. The first-order valence-corrected chi connectivity index (χ1v) is 24.1. The van der Waals surface area contributed by atoms with Crippen LogP contribution < -0.4 is 0 Å². The van der Waals surface area contributed by atoms with Crippen LogP contribution in [0.25, 0.3) is 0 Å². The highest BCUT2D eigenvalue weighted by atomic mass is 16.6. The van der Waals surface area contributed by atoms with Crippen LogP contribution in [0.5, 0.6) is 0 Å². The zero-order chi connectivity index (χ0) is 44.3. The summed E-state index contributed by atoms with van der Waals surface area (Å²) in [7, 11) is 6.41. The van der Waals surface area contributed by atoms with Gasteiger partial charge in [0.1, 0.15) is 23.9 Å². The van der Waals surface area contributed by atoms with Crippen molar-refractivity contribution in [3.8, 4) is 0 Å². The first-order valence-electron chi connectivity index (χ1n) is 24.1. The van der Waals surface area contributed by atoms with Gasteiger partial charge < -0.3 is 43.7 Å². The van der Waals surface area contributed by atoms with Crippen molar-refractivity contribution in [3.05, 3.63) is 48.0 Å². The molecule has 0 radical (unpaired) electrons. The van der Waals surface area contributed by atoms with Crippen LogP contribution in [0, 0.1) is 34.5 Å². The van der Waals surface area contributed by atoms with Gasteiger partial charge in [-0.05, 0) is 63.1 Å². The van der Waals surface area contributed by atoms with Crippen LogP contribution in [0.15, 0.2) is 42.5 Å². The summed E-state index contributed by atoms with van der Waals surface area (Å²) in [6.07, 6.45) is 14.0. The van der Waals surface area contributed by atoms with Crippen molar-refractivity contribution in [2.75, 3.05) is 48.1 Å². The smallest absolute Gasteiger partial charge is 0.338 e. The van der Waals surface area contributed by atoms with Crippen LogP contribution in [0.2, 0.25) is 0 Å². The Kier molecular flexibility index (Phi) is 15.3. The molecule has 5 saturated carbocycles. The molecular formula is C50H77NO11. The number of benzene rings is 1. The van der Waals surface area contributed by atoms with E-state index in [0.29, 0.717) is 31.5 Å². The lowest BCUT2D eigenvalue weighted by atomic mass is 9.42. The van der Waals surface area contributed by atoms with E-state index in [4.69, 9.17) is 28.4 Å². The topological polar surface area (TPSA) is 153 Å². The molecule has 0 aromatic heterocycles. The molecule has 1 aliphatic heterocycles. The minimum Gasteiger partial charge on any atom is -0.455 e. The van der Waals surface area contributed by atoms with E-state index in [0.717, 1.165) is 38.5 Å². The Bertz CT molecular complexity index is 1680. The number of carbonyl (C=O) groups is 2. The zero-order valence-electron chi connectivity index (χ0n) is 38.4. The molecule has 7 rings (SSSR count). The number of ether oxygens (including phenoxy) is 6. The maximum absolute atomic E-state index is 14.6. The third kappa shape index (κ3) is 7.62. The number of unbranched alkanes of at least 4 members (excludes halogenated alkanes) is 11. The number of rotatable bonds is 24. The summed E-state index contributed by atoms with van der Waals surface area (Å²) in [4.78, 5) is 31.0. The first kappa shape index (κ1) is 47.5. The van der Waals surface area contributed by atoms with E-state index >= 15 is 0 Å². The number of hydrogen-bond donors (Lipinski definition) is 3. The second kappa shape index (κ2) is 20.0. The largest absolute Gasteiger partial charge is 0.455 e. The van der Waals surface area contributed by atoms with Crippen molar-refractivity contribution in [1.29, 1.82) is 0 Å². The van der Waals surface area contributed by atoms with Crippen LogP contribution in [0.4, 0.5) is 0 Å². The maximum atomic E-state index is 14.6. The van der Waals surface area contributed by atoms with Gasteiger partial charge in [0.15, 0.2) is 5.60 Å². The highest BCUT2D eigenvalue weighted by Crippen LogP contribution is 2.80. The summed E-state index contributed by atoms with van der Waals surface area (Å²) in [5.41, 5.74) is -4.85. The summed E-state index contributed by atoms with van der Waals surface area (Å²) < 4.78 is 38.7. The van der Waals surface area contributed by atoms with Gasteiger partial charge >= 0.3 is 11.9 Å². The molecule has 1 aromatic carbocycles. The van der Waals surface area contributed by atoms with Gasteiger partial charge in [-0.1, -0.05) is 95.6 Å². The van der Waals surface area contributed by atoms with E-state index in [-0.39, 0.29) is 31.4 Å². The molecule has 3 N–H and O–H groups in total. The molecule has 1 heterocycles. The summed E-state index contributed by atoms with van der Waals surface area (Å²) >= 11 is 0. The van der Waals surface area contributed by atoms with Gasteiger partial charge in [-0.15, -0.1) is 0 Å². The van der Waals surface area contributed by atoms with Gasteiger partial charge in [0.05, 0.1) is 30.5 Å². The monoisotopic (exact) mass is 868 g/mol. The van der Waals surface area contributed by atoms with Crippen LogP contribution in [0.3, 0.4) is 0 Å². The van der Waals surface area contributed by atoms with Gasteiger partial charge in [0, 0.05) is 82.5 Å². The number of likely N-dealkylation sites (tertiary alicyclic amines) is 1. The number of methoxy groups -OCH3 is 4. The van der Waals surface area contributed by atoms with Gasteiger partial charge in [0.2, 0.25) is 0 Å². The number of aliphatic hydroxyl groups is 3. The molecule has 1 spiro atoms. The van der Waals surface area contributed by atoms with E-state index in [2.05, 4.69) is 30.9 Å². The molecule has 1 aromatic rings. The van der Waals surface area contributed by atoms with E-state index in [1.807, 2.05) is 6.07 Å². The first-order chi connectivity index (χ1) is 30.0. The van der Waals surface area contributed by atoms with Crippen molar-refractivity contribution in [2.45, 2.75) is 170 Å². The van der Waals surface area contributed by atoms with Crippen LogP contribution in [-0.2, 0) is 33.2 Å². The fraction of sp³-hybridized carbons (Fsp3) is 0.800. The molecule has 1 saturated heterocycles. The standard InChI is InChI=1S/C50H77NO11/c1-7-9-10-11-12-13-14-15-16-17-18-19-20-21-25-28-37(53)62-50-38-34(30-48(56,45(60-6)43(50)54)44(38)61-46(55)33-26-23-22-24-27-33)49-36(58-4)29-35(52)47(32-57-3)31-51(8-2)42(49)39(50)40(59-5)41(47)49/h15-16,22-24,26-27,34-36,38-45,52,54,56H,7-14,17-21,25,28-32H2,1-6H3/b16-15-/t34-,35-,36?,38-,39+,40+,41-,42-,43?,44-,45+,47+,48+,49+,50-/m1/s1. The quantitative estimate of drug-likeness (QED) is 0.0579. The molecule has 7 bridgehead atoms. The summed E-state index contributed by atoms with van der Waals surface area (Å²) in [6.45, 7) is 5.67. The number of nitrogens with zero attached hydrogens (tertiary/aromatic N) is 1. The van der Waals surface area contributed by atoms with Crippen LogP contribution in [0.1, 0.15) is 127 Å². The van der Waals surface area contributed by atoms with Crippen molar-refractivity contribution in [2.24, 2.45) is 34.5 Å². The van der Waals surface area contributed by atoms with Gasteiger partial charge in [-0.25, -0.2) is 4.79 Å². The number of esters is 2. The minimum atomic E-state index is -1.85. The highest BCUT2D eigenvalue weighted by Gasteiger charge is 2.92. The zero-order valence-corrected chi connectivity index (χ0v) is 38.4. The molecular weight excluding hydrogens is 791 g/mol. The van der Waals surface area contributed by atoms with E-state index in [1.54, 1.807) is 45.6 Å². The third-order valence-electron chi connectivity index (χ3n) is 16.8. The third-order valence-corrected chi connectivity index (χ3v) is 16.8. The molecule has 62 heavy (non-hydrogen) atoms. The Balaban J connectivity index is 1.19. The van der Waals surface area contributed by atoms with E-state index in [1.165, 1.54) is 45.6 Å². The maximum Gasteiger partial charge on any atom is 0.338 e. The van der Waals surface area contributed by atoms with Crippen LogP contribution in [-0.4, -0.2) is 134 Å². The number of allylic oxidation sites excluding steroid dienone is 2. The number of carbonyl (C=O) groups excluding carboxylic acids is 2. The number of hydrogen-bond acceptors (Lipinski definition) is 12. The Hall–Kier alpha value is -2.42. The predicted octanol–water partition coefficient (Wildman–Crippen LogP) is 6.67. The number of piperidine rings is 1. The molecule has 15 atom stereocenters. The van der Waals surface area contributed by atoms with Gasteiger partial charge in [-0.2, -0.15) is 0 Å². The lowest BCUT2D eigenvalue weighted by Crippen LogP contribution is -2.81. The normalized spacial score (nSPS) is 40.2. The second-order valence-electron chi connectivity index (χ2n) is 19.6. The van der Waals surface area contributed by atoms with Gasteiger partial charge in [0.25, 0.3) is 0 Å². The Morgan fingerprint density at radius 1 is 0.823 bits per heavy atom.